The van der Waals surface area contributed by atoms with Gasteiger partial charge < -0.3 is 20.2 Å². The van der Waals surface area contributed by atoms with Crippen molar-refractivity contribution in [2.75, 3.05) is 0 Å². The molecule has 1 heterocycles. The molecule has 0 saturated heterocycles. The van der Waals surface area contributed by atoms with Crippen LogP contribution >= 0.6 is 0 Å². The number of hydrogen-bond acceptors (Lipinski definition) is 4. The second-order valence-corrected chi connectivity index (χ2v) is 6.50. The molecule has 3 N–H and O–H groups in total. The molecule has 1 unspecified atom stereocenters. The molecule has 9 heteroatoms. The molecule has 7 nitrogen and oxygen atoms in total. The molecule has 1 aromatic heterocycles. The first-order chi connectivity index (χ1) is 13.1. The fourth-order valence-corrected chi connectivity index (χ4v) is 2.59. The molecule has 0 aliphatic heterocycles. The van der Waals surface area contributed by atoms with Crippen LogP contribution in [-0.4, -0.2) is 28.9 Å². The number of aryl methyl sites for hydroxylation is 1. The molecular formula is C19H20F2N2O5. The van der Waals surface area contributed by atoms with Crippen LogP contribution < -0.4 is 10.6 Å². The van der Waals surface area contributed by atoms with Crippen molar-refractivity contribution >= 4 is 17.8 Å². The van der Waals surface area contributed by atoms with Crippen LogP contribution in [0.5, 0.6) is 0 Å². The van der Waals surface area contributed by atoms with Crippen LogP contribution in [0.4, 0.5) is 8.78 Å². The smallest absolute Gasteiger partial charge is 0.339 e. The largest absolute Gasteiger partial charge is 0.478 e. The lowest BCUT2D eigenvalue weighted by Crippen LogP contribution is -2.49. The van der Waals surface area contributed by atoms with E-state index >= 15 is 0 Å². The summed E-state index contributed by atoms with van der Waals surface area (Å²) in [5.41, 5.74) is -0.790. The highest BCUT2D eigenvalue weighted by Crippen LogP contribution is 2.15. The van der Waals surface area contributed by atoms with Crippen molar-refractivity contribution in [1.82, 2.24) is 10.6 Å². The summed E-state index contributed by atoms with van der Waals surface area (Å²) < 4.78 is 32.8. The molecule has 2 rings (SSSR count). The average molecular weight is 394 g/mol. The quantitative estimate of drug-likeness (QED) is 0.669. The molecule has 0 radical (unpaired) electrons. The van der Waals surface area contributed by atoms with E-state index in [9.17, 15) is 23.2 Å². The minimum Gasteiger partial charge on any atom is -0.478 e. The van der Waals surface area contributed by atoms with E-state index in [-0.39, 0.29) is 29.5 Å². The topological polar surface area (TPSA) is 109 Å². The van der Waals surface area contributed by atoms with E-state index in [1.807, 2.05) is 0 Å². The molecule has 28 heavy (non-hydrogen) atoms. The van der Waals surface area contributed by atoms with Crippen LogP contribution in [0.3, 0.4) is 0 Å². The van der Waals surface area contributed by atoms with E-state index in [4.69, 9.17) is 9.52 Å². The first kappa shape index (κ1) is 21.1. The lowest BCUT2D eigenvalue weighted by molar-refractivity contribution is -0.124. The molecule has 0 fully saturated rings. The van der Waals surface area contributed by atoms with Gasteiger partial charge in [0.15, 0.2) is 0 Å². The lowest BCUT2D eigenvalue weighted by atomic mass is 10.0. The molecule has 0 spiro atoms. The summed E-state index contributed by atoms with van der Waals surface area (Å²) in [5.74, 6) is -4.85. The Morgan fingerprint density at radius 3 is 2.29 bits per heavy atom. The lowest BCUT2D eigenvalue weighted by Gasteiger charge is -2.21. The summed E-state index contributed by atoms with van der Waals surface area (Å²) in [4.78, 5) is 35.7. The van der Waals surface area contributed by atoms with Gasteiger partial charge in [0, 0.05) is 0 Å². The molecule has 150 valence electrons. The first-order valence-corrected chi connectivity index (χ1v) is 8.47. The molecule has 2 aromatic rings. The number of hydrogen-bond donors (Lipinski definition) is 3. The second kappa shape index (κ2) is 8.64. The van der Waals surface area contributed by atoms with Crippen molar-refractivity contribution in [3.05, 3.63) is 58.5 Å². The SMILES string of the molecule is Cc1oc(CNC(=O)C(NC(=O)c2c(F)cccc2F)C(C)C)cc1C(=O)O. The fraction of sp³-hybridized carbons (Fsp3) is 0.316. The molecule has 0 aliphatic rings. The maximum absolute atomic E-state index is 13.8. The van der Waals surface area contributed by atoms with Gasteiger partial charge in [-0.3, -0.25) is 9.59 Å². The number of rotatable bonds is 7. The normalized spacial score (nSPS) is 11.9. The maximum Gasteiger partial charge on any atom is 0.339 e. The summed E-state index contributed by atoms with van der Waals surface area (Å²) in [5, 5.41) is 13.9. The van der Waals surface area contributed by atoms with Gasteiger partial charge in [-0.15, -0.1) is 0 Å². The number of halogens is 2. The zero-order chi connectivity index (χ0) is 21.0. The number of benzene rings is 1. The molecule has 2 amide bonds. The summed E-state index contributed by atoms with van der Waals surface area (Å²) in [6, 6.07) is 3.24. The van der Waals surface area contributed by atoms with Crippen LogP contribution in [0.2, 0.25) is 0 Å². The van der Waals surface area contributed by atoms with E-state index in [2.05, 4.69) is 10.6 Å². The van der Waals surface area contributed by atoms with Crippen molar-refractivity contribution in [3.8, 4) is 0 Å². The number of carbonyl (C=O) groups excluding carboxylic acids is 2. The zero-order valence-corrected chi connectivity index (χ0v) is 15.5. The van der Waals surface area contributed by atoms with Crippen LogP contribution in [0.25, 0.3) is 0 Å². The Bertz CT molecular complexity index is 887. The Labute approximate surface area is 159 Å². The van der Waals surface area contributed by atoms with Crippen molar-refractivity contribution in [2.45, 2.75) is 33.4 Å². The summed E-state index contributed by atoms with van der Waals surface area (Å²) in [6.45, 7) is 4.68. The standard InChI is InChI=1S/C19H20F2N2O5/c1-9(2)16(23-17(24)15-13(20)5-4-6-14(15)21)18(25)22-8-11-7-12(19(26)27)10(3)28-11/h4-7,9,16H,8H2,1-3H3,(H,22,25)(H,23,24)(H,26,27). The van der Waals surface area contributed by atoms with Gasteiger partial charge in [0.05, 0.1) is 6.54 Å². The van der Waals surface area contributed by atoms with E-state index < -0.39 is 41.0 Å². The highest BCUT2D eigenvalue weighted by atomic mass is 19.1. The number of amides is 2. The van der Waals surface area contributed by atoms with Gasteiger partial charge in [-0.1, -0.05) is 19.9 Å². The molecule has 1 aromatic carbocycles. The van der Waals surface area contributed by atoms with Gasteiger partial charge >= 0.3 is 5.97 Å². The molecule has 0 aliphatic carbocycles. The third-order valence-electron chi connectivity index (χ3n) is 4.06. The number of furan rings is 1. The van der Waals surface area contributed by atoms with Crippen molar-refractivity contribution in [1.29, 1.82) is 0 Å². The molecule has 1 atom stereocenters. The van der Waals surface area contributed by atoms with Gasteiger partial charge in [0.25, 0.3) is 5.91 Å². The van der Waals surface area contributed by atoms with Gasteiger partial charge in [-0.2, -0.15) is 0 Å². The van der Waals surface area contributed by atoms with Gasteiger partial charge in [0.2, 0.25) is 5.91 Å². The van der Waals surface area contributed by atoms with E-state index in [0.717, 1.165) is 18.2 Å². The highest BCUT2D eigenvalue weighted by molar-refractivity contribution is 5.98. The second-order valence-electron chi connectivity index (χ2n) is 6.50. The number of aromatic carboxylic acids is 1. The Morgan fingerprint density at radius 2 is 1.79 bits per heavy atom. The Kier molecular flexibility index (Phi) is 6.50. The maximum atomic E-state index is 13.8. The Balaban J connectivity index is 2.09. The van der Waals surface area contributed by atoms with E-state index in [1.165, 1.54) is 13.0 Å². The van der Waals surface area contributed by atoms with Crippen molar-refractivity contribution in [3.63, 3.8) is 0 Å². The first-order valence-electron chi connectivity index (χ1n) is 8.47. The van der Waals surface area contributed by atoms with Crippen molar-refractivity contribution in [2.24, 2.45) is 5.92 Å². The Morgan fingerprint density at radius 1 is 1.18 bits per heavy atom. The number of nitrogens with one attached hydrogen (secondary N) is 2. The number of carboxylic acids is 1. The average Bonchev–Trinajstić information content (AvgIpc) is 2.98. The van der Waals surface area contributed by atoms with Crippen LogP contribution in [0, 0.1) is 24.5 Å². The summed E-state index contributed by atoms with van der Waals surface area (Å²) in [6.07, 6.45) is 0. The highest BCUT2D eigenvalue weighted by Gasteiger charge is 2.27. The van der Waals surface area contributed by atoms with Crippen LogP contribution in [0.1, 0.15) is 46.1 Å². The fourth-order valence-electron chi connectivity index (χ4n) is 2.59. The van der Waals surface area contributed by atoms with Crippen LogP contribution in [-0.2, 0) is 11.3 Å². The predicted octanol–water partition coefficient (Wildman–Crippen LogP) is 2.64. The number of carboxylic acid groups (broad SMARTS) is 1. The van der Waals surface area contributed by atoms with Crippen LogP contribution in [0.15, 0.2) is 28.7 Å². The summed E-state index contributed by atoms with van der Waals surface area (Å²) >= 11 is 0. The minimum atomic E-state index is -1.15. The monoisotopic (exact) mass is 394 g/mol. The number of carbonyl (C=O) groups is 3. The van der Waals surface area contributed by atoms with Gasteiger partial charge in [0.1, 0.15) is 40.3 Å². The summed E-state index contributed by atoms with van der Waals surface area (Å²) in [7, 11) is 0. The van der Waals surface area contributed by atoms with Gasteiger partial charge in [-0.25, -0.2) is 13.6 Å². The zero-order valence-electron chi connectivity index (χ0n) is 15.5. The van der Waals surface area contributed by atoms with Gasteiger partial charge in [-0.05, 0) is 31.0 Å². The minimum absolute atomic E-state index is 0.0204. The van der Waals surface area contributed by atoms with Crippen molar-refractivity contribution < 1.29 is 32.7 Å². The third kappa shape index (κ3) is 4.73. The Hall–Kier alpha value is -3.23. The molecule has 0 bridgehead atoms. The predicted molar refractivity (Wildman–Crippen MR) is 94.7 cm³/mol. The van der Waals surface area contributed by atoms with E-state index in [1.54, 1.807) is 13.8 Å². The molecular weight excluding hydrogens is 374 g/mol. The molecule has 0 saturated carbocycles. The third-order valence-corrected chi connectivity index (χ3v) is 4.06. The van der Waals surface area contributed by atoms with E-state index in [0.29, 0.717) is 0 Å².